The summed E-state index contributed by atoms with van der Waals surface area (Å²) in [7, 11) is 1.44. The highest BCUT2D eigenvalue weighted by Crippen LogP contribution is 2.44. The van der Waals surface area contributed by atoms with E-state index in [1.54, 1.807) is 0 Å². The fraction of sp³-hybridized carbons (Fsp3) is 0.280. The van der Waals surface area contributed by atoms with E-state index in [-0.39, 0.29) is 43.6 Å². The molecule has 0 bridgehead atoms. The normalized spacial score (nSPS) is 12.9. The summed E-state index contributed by atoms with van der Waals surface area (Å²) in [5, 5.41) is 14.2. The Morgan fingerprint density at radius 2 is 1.74 bits per heavy atom. The summed E-state index contributed by atoms with van der Waals surface area (Å²) in [5.41, 5.74) is 4.32. The van der Waals surface area contributed by atoms with Gasteiger partial charge in [0.2, 0.25) is 0 Å². The number of rotatable bonds is 10. The molecule has 1 aliphatic rings. The topological polar surface area (TPSA) is 140 Å². The van der Waals surface area contributed by atoms with Crippen LogP contribution >= 0.6 is 0 Å². The molecule has 1 unspecified atom stereocenters. The minimum Gasteiger partial charge on any atom is -0.480 e. The SMILES string of the molecule is COCCC(NC(=O)c1ncoc1CNC(=O)OCC1c2ccccc2-c2ccccc21)C(=O)O. The van der Waals surface area contributed by atoms with Crippen LogP contribution in [-0.2, 0) is 20.8 Å². The third-order valence-corrected chi connectivity index (χ3v) is 5.81. The third-order valence-electron chi connectivity index (χ3n) is 5.81. The minimum atomic E-state index is -1.20. The maximum absolute atomic E-state index is 12.5. The summed E-state index contributed by atoms with van der Waals surface area (Å²) in [5.74, 6) is -1.93. The molecule has 3 N–H and O–H groups in total. The van der Waals surface area contributed by atoms with Crippen molar-refractivity contribution in [2.24, 2.45) is 0 Å². The van der Waals surface area contributed by atoms with Crippen LogP contribution in [0.2, 0.25) is 0 Å². The number of methoxy groups -OCH3 is 1. The lowest BCUT2D eigenvalue weighted by atomic mass is 9.98. The minimum absolute atomic E-state index is 0.0758. The number of oxazole rings is 1. The lowest BCUT2D eigenvalue weighted by Gasteiger charge is -2.15. The van der Waals surface area contributed by atoms with E-state index in [1.807, 2.05) is 36.4 Å². The van der Waals surface area contributed by atoms with Gasteiger partial charge in [-0.25, -0.2) is 14.6 Å². The molecule has 2 amide bonds. The van der Waals surface area contributed by atoms with Crippen molar-refractivity contribution in [2.45, 2.75) is 24.9 Å². The molecule has 182 valence electrons. The molecule has 0 saturated carbocycles. The second kappa shape index (κ2) is 10.8. The zero-order chi connectivity index (χ0) is 24.8. The predicted molar refractivity (Wildman–Crippen MR) is 124 cm³/mol. The first-order chi connectivity index (χ1) is 17.0. The molecule has 4 rings (SSSR count). The number of aromatic nitrogens is 1. The van der Waals surface area contributed by atoms with Gasteiger partial charge >= 0.3 is 12.1 Å². The van der Waals surface area contributed by atoms with Gasteiger partial charge in [0.1, 0.15) is 12.6 Å². The molecule has 10 nitrogen and oxygen atoms in total. The van der Waals surface area contributed by atoms with Crippen molar-refractivity contribution < 1.29 is 33.4 Å². The summed E-state index contributed by atoms with van der Waals surface area (Å²) in [6.07, 6.45) is 0.454. The summed E-state index contributed by atoms with van der Waals surface area (Å²) in [4.78, 5) is 40.1. The molecule has 0 radical (unpaired) electrons. The Balaban J connectivity index is 1.34. The molecule has 1 aliphatic carbocycles. The molecule has 0 saturated heterocycles. The highest BCUT2D eigenvalue weighted by molar-refractivity contribution is 5.95. The maximum Gasteiger partial charge on any atom is 0.407 e. The number of aliphatic carboxylic acids is 1. The molecule has 2 aromatic carbocycles. The predicted octanol–water partition coefficient (Wildman–Crippen LogP) is 2.93. The van der Waals surface area contributed by atoms with Crippen LogP contribution in [0.3, 0.4) is 0 Å². The van der Waals surface area contributed by atoms with Crippen LogP contribution < -0.4 is 10.6 Å². The van der Waals surface area contributed by atoms with Crippen molar-refractivity contribution in [1.82, 2.24) is 15.6 Å². The molecule has 1 atom stereocenters. The Labute approximate surface area is 201 Å². The van der Waals surface area contributed by atoms with E-state index in [0.717, 1.165) is 28.6 Å². The number of amides is 2. The van der Waals surface area contributed by atoms with Gasteiger partial charge in [-0.2, -0.15) is 0 Å². The van der Waals surface area contributed by atoms with Crippen LogP contribution in [0.25, 0.3) is 11.1 Å². The Bertz CT molecular complexity index is 1180. The van der Waals surface area contributed by atoms with E-state index in [2.05, 4.69) is 27.8 Å². The van der Waals surface area contributed by atoms with Crippen LogP contribution in [0, 0.1) is 0 Å². The first-order valence-corrected chi connectivity index (χ1v) is 11.0. The van der Waals surface area contributed by atoms with Crippen molar-refractivity contribution in [1.29, 1.82) is 0 Å². The van der Waals surface area contributed by atoms with E-state index in [4.69, 9.17) is 13.9 Å². The summed E-state index contributed by atoms with van der Waals surface area (Å²) in [6.45, 7) is 0.144. The Kier molecular flexibility index (Phi) is 7.41. The van der Waals surface area contributed by atoms with Gasteiger partial charge in [-0.1, -0.05) is 48.5 Å². The van der Waals surface area contributed by atoms with Crippen molar-refractivity contribution in [2.75, 3.05) is 20.3 Å². The van der Waals surface area contributed by atoms with Crippen LogP contribution in [0.1, 0.15) is 39.7 Å². The Hall–Kier alpha value is -4.18. The first kappa shape index (κ1) is 24.0. The number of nitrogens with one attached hydrogen (secondary N) is 2. The Morgan fingerprint density at radius 1 is 1.09 bits per heavy atom. The largest absolute Gasteiger partial charge is 0.480 e. The van der Waals surface area contributed by atoms with Crippen LogP contribution in [0.4, 0.5) is 4.79 Å². The smallest absolute Gasteiger partial charge is 0.407 e. The second-order valence-corrected chi connectivity index (χ2v) is 7.95. The summed E-state index contributed by atoms with van der Waals surface area (Å²) in [6, 6.07) is 14.9. The van der Waals surface area contributed by atoms with Gasteiger partial charge in [-0.3, -0.25) is 4.79 Å². The molecule has 10 heteroatoms. The monoisotopic (exact) mass is 479 g/mol. The van der Waals surface area contributed by atoms with Gasteiger partial charge in [-0.05, 0) is 22.3 Å². The lowest BCUT2D eigenvalue weighted by Crippen LogP contribution is -2.42. The van der Waals surface area contributed by atoms with Crippen LogP contribution in [0.15, 0.2) is 59.3 Å². The van der Waals surface area contributed by atoms with Crippen molar-refractivity contribution in [3.05, 3.63) is 77.5 Å². The summed E-state index contributed by atoms with van der Waals surface area (Å²) < 4.78 is 15.6. The van der Waals surface area contributed by atoms with Gasteiger partial charge in [-0.15, -0.1) is 0 Å². The fourth-order valence-electron chi connectivity index (χ4n) is 4.10. The zero-order valence-corrected chi connectivity index (χ0v) is 19.0. The standard InChI is InChI=1S/C25H25N3O7/c1-33-11-10-20(24(30)31)28-23(29)22-21(35-14-27-22)12-26-25(32)34-13-19-17-8-4-2-6-15(17)16-7-3-5-9-18(16)19/h2-9,14,19-20H,10-13H2,1H3,(H,26,32)(H,28,29)(H,30,31). The second-order valence-electron chi connectivity index (χ2n) is 7.95. The number of alkyl carbamates (subject to hydrolysis) is 1. The van der Waals surface area contributed by atoms with E-state index < -0.39 is 24.0 Å². The number of carboxylic acid groups (broad SMARTS) is 1. The number of carboxylic acids is 1. The van der Waals surface area contributed by atoms with Crippen molar-refractivity contribution >= 4 is 18.0 Å². The number of carbonyl (C=O) groups excluding carboxylic acids is 2. The first-order valence-electron chi connectivity index (χ1n) is 11.0. The van der Waals surface area contributed by atoms with E-state index in [9.17, 15) is 19.5 Å². The van der Waals surface area contributed by atoms with Gasteiger partial charge in [0.05, 0.1) is 6.54 Å². The number of ether oxygens (including phenoxy) is 2. The molecule has 0 spiro atoms. The van der Waals surface area contributed by atoms with Gasteiger partial charge < -0.3 is 29.6 Å². The number of hydrogen-bond acceptors (Lipinski definition) is 7. The molecule has 3 aromatic rings. The molecule has 1 aromatic heterocycles. The van der Waals surface area contributed by atoms with Crippen LogP contribution in [-0.4, -0.2) is 54.4 Å². The average Bonchev–Trinajstić information content (AvgIpc) is 3.46. The molecule has 1 heterocycles. The molecule has 35 heavy (non-hydrogen) atoms. The van der Waals surface area contributed by atoms with Crippen molar-refractivity contribution in [3.8, 4) is 11.1 Å². The molecular formula is C25H25N3O7. The Morgan fingerprint density at radius 3 is 2.37 bits per heavy atom. The number of nitrogens with zero attached hydrogens (tertiary/aromatic N) is 1. The van der Waals surface area contributed by atoms with E-state index >= 15 is 0 Å². The highest BCUT2D eigenvalue weighted by Gasteiger charge is 2.29. The maximum atomic E-state index is 12.5. The van der Waals surface area contributed by atoms with E-state index in [0.29, 0.717) is 0 Å². The zero-order valence-electron chi connectivity index (χ0n) is 19.0. The molecule has 0 fully saturated rings. The lowest BCUT2D eigenvalue weighted by molar-refractivity contribution is -0.139. The molecule has 0 aliphatic heterocycles. The average molecular weight is 479 g/mol. The number of carbonyl (C=O) groups is 3. The third kappa shape index (κ3) is 5.33. The van der Waals surface area contributed by atoms with Crippen molar-refractivity contribution in [3.63, 3.8) is 0 Å². The number of hydrogen-bond donors (Lipinski definition) is 3. The molecular weight excluding hydrogens is 454 g/mol. The van der Waals surface area contributed by atoms with Gasteiger partial charge in [0.15, 0.2) is 17.8 Å². The summed E-state index contributed by atoms with van der Waals surface area (Å²) >= 11 is 0. The highest BCUT2D eigenvalue weighted by atomic mass is 16.5. The number of fused-ring (bicyclic) bond motifs is 3. The number of benzene rings is 2. The van der Waals surface area contributed by atoms with Gasteiger partial charge in [0.25, 0.3) is 5.91 Å². The van der Waals surface area contributed by atoms with Gasteiger partial charge in [0, 0.05) is 26.1 Å². The van der Waals surface area contributed by atoms with Crippen LogP contribution in [0.5, 0.6) is 0 Å². The fourth-order valence-corrected chi connectivity index (χ4v) is 4.10. The van der Waals surface area contributed by atoms with E-state index in [1.165, 1.54) is 7.11 Å². The quantitative estimate of drug-likeness (QED) is 0.403.